The number of piperidine rings is 1. The van der Waals surface area contributed by atoms with E-state index in [2.05, 4.69) is 10.1 Å². The highest BCUT2D eigenvalue weighted by Crippen LogP contribution is 2.32. The summed E-state index contributed by atoms with van der Waals surface area (Å²) in [6.45, 7) is 4.13. The van der Waals surface area contributed by atoms with Crippen LogP contribution in [-0.2, 0) is 6.54 Å². The third kappa shape index (κ3) is 3.44. The van der Waals surface area contributed by atoms with Gasteiger partial charge in [-0.1, -0.05) is 18.1 Å². The number of methoxy groups -OCH3 is 1. The molecule has 1 aromatic rings. The van der Waals surface area contributed by atoms with E-state index in [-0.39, 0.29) is 17.1 Å². The van der Waals surface area contributed by atoms with Crippen LogP contribution in [0, 0.1) is 11.2 Å². The first-order valence-electron chi connectivity index (χ1n) is 7.01. The van der Waals surface area contributed by atoms with Gasteiger partial charge in [0.25, 0.3) is 0 Å². The predicted octanol–water partition coefficient (Wildman–Crippen LogP) is 2.18. The van der Waals surface area contributed by atoms with Crippen LogP contribution >= 0.6 is 0 Å². The van der Waals surface area contributed by atoms with E-state index in [9.17, 15) is 4.39 Å². The number of oxime groups is 1. The molecule has 3 N–H and O–H groups in total. The Balaban J connectivity index is 1.98. The van der Waals surface area contributed by atoms with Gasteiger partial charge < -0.3 is 15.7 Å². The standard InChI is InChI=1S/C15H22FN3O2/c1-15(14(17)18-20)5-7-19(8-6-15)10-11-3-4-12(21-2)9-13(11)16/h3-4,9,20H,5-8,10H2,1-2H3,(H2,17,18). The average Bonchev–Trinajstić information content (AvgIpc) is 2.50. The summed E-state index contributed by atoms with van der Waals surface area (Å²) in [7, 11) is 1.52. The number of likely N-dealkylation sites (tertiary alicyclic amines) is 1. The Bertz CT molecular complexity index is 526. The van der Waals surface area contributed by atoms with E-state index < -0.39 is 0 Å². The van der Waals surface area contributed by atoms with E-state index >= 15 is 0 Å². The summed E-state index contributed by atoms with van der Waals surface area (Å²) in [6.07, 6.45) is 1.58. The molecule has 0 aromatic heterocycles. The second-order valence-corrected chi connectivity index (χ2v) is 5.78. The number of rotatable bonds is 4. The first-order valence-corrected chi connectivity index (χ1v) is 7.01. The highest BCUT2D eigenvalue weighted by atomic mass is 19.1. The Morgan fingerprint density at radius 1 is 1.48 bits per heavy atom. The molecule has 6 heteroatoms. The molecule has 1 aliphatic rings. The van der Waals surface area contributed by atoms with Crippen molar-refractivity contribution in [1.29, 1.82) is 0 Å². The number of halogens is 1. The van der Waals surface area contributed by atoms with Gasteiger partial charge in [0.1, 0.15) is 17.4 Å². The molecule has 0 aliphatic carbocycles. The predicted molar refractivity (Wildman–Crippen MR) is 79.0 cm³/mol. The minimum Gasteiger partial charge on any atom is -0.497 e. The van der Waals surface area contributed by atoms with E-state index in [1.54, 1.807) is 12.1 Å². The van der Waals surface area contributed by atoms with Crippen LogP contribution in [0.3, 0.4) is 0 Å². The van der Waals surface area contributed by atoms with Crippen LogP contribution < -0.4 is 10.5 Å². The van der Waals surface area contributed by atoms with Crippen molar-refractivity contribution >= 4 is 5.84 Å². The lowest BCUT2D eigenvalue weighted by Crippen LogP contribution is -2.45. The van der Waals surface area contributed by atoms with Gasteiger partial charge in [-0.15, -0.1) is 0 Å². The normalized spacial score (nSPS) is 19.5. The van der Waals surface area contributed by atoms with E-state index in [1.807, 2.05) is 6.92 Å². The highest BCUT2D eigenvalue weighted by Gasteiger charge is 2.34. The zero-order chi connectivity index (χ0) is 15.5. The number of hydrogen-bond acceptors (Lipinski definition) is 4. The minimum atomic E-state index is -0.274. The van der Waals surface area contributed by atoms with Crippen molar-refractivity contribution in [3.63, 3.8) is 0 Å². The lowest BCUT2D eigenvalue weighted by Gasteiger charge is -2.38. The molecule has 0 amide bonds. The zero-order valence-electron chi connectivity index (χ0n) is 12.5. The molecular formula is C15H22FN3O2. The fourth-order valence-corrected chi connectivity index (χ4v) is 2.61. The van der Waals surface area contributed by atoms with Gasteiger partial charge >= 0.3 is 0 Å². The van der Waals surface area contributed by atoms with Crippen molar-refractivity contribution in [3.8, 4) is 5.75 Å². The molecule has 0 saturated carbocycles. The maximum Gasteiger partial charge on any atom is 0.145 e. The van der Waals surface area contributed by atoms with Gasteiger partial charge in [0.15, 0.2) is 0 Å². The summed E-state index contributed by atoms with van der Waals surface area (Å²) in [5, 5.41) is 12.0. The number of ether oxygens (including phenoxy) is 1. The largest absolute Gasteiger partial charge is 0.497 e. The Labute approximate surface area is 124 Å². The van der Waals surface area contributed by atoms with E-state index in [4.69, 9.17) is 15.7 Å². The van der Waals surface area contributed by atoms with Crippen LogP contribution in [0.4, 0.5) is 4.39 Å². The van der Waals surface area contributed by atoms with Gasteiger partial charge in [-0.05, 0) is 32.0 Å². The molecule has 1 saturated heterocycles. The van der Waals surface area contributed by atoms with Gasteiger partial charge in [0.2, 0.25) is 0 Å². The van der Waals surface area contributed by atoms with Gasteiger partial charge in [-0.3, -0.25) is 4.90 Å². The second-order valence-electron chi connectivity index (χ2n) is 5.78. The quantitative estimate of drug-likeness (QED) is 0.386. The number of benzene rings is 1. The number of hydrogen-bond donors (Lipinski definition) is 2. The Morgan fingerprint density at radius 2 is 2.14 bits per heavy atom. The summed E-state index contributed by atoms with van der Waals surface area (Å²) in [5.41, 5.74) is 6.13. The Morgan fingerprint density at radius 3 is 2.67 bits per heavy atom. The smallest absolute Gasteiger partial charge is 0.145 e. The fourth-order valence-electron chi connectivity index (χ4n) is 2.61. The molecule has 0 atom stereocenters. The number of nitrogens with zero attached hydrogens (tertiary/aromatic N) is 2. The number of amidine groups is 1. The van der Waals surface area contributed by atoms with Crippen molar-refractivity contribution < 1.29 is 14.3 Å². The summed E-state index contributed by atoms with van der Waals surface area (Å²) in [4.78, 5) is 2.18. The molecule has 116 valence electrons. The topological polar surface area (TPSA) is 71.1 Å². The molecule has 1 heterocycles. The first kappa shape index (κ1) is 15.6. The molecule has 0 spiro atoms. The van der Waals surface area contributed by atoms with Gasteiger partial charge in [0, 0.05) is 23.6 Å². The third-order valence-corrected chi connectivity index (χ3v) is 4.34. The summed E-state index contributed by atoms with van der Waals surface area (Å²) < 4.78 is 18.9. The Hall–Kier alpha value is -1.82. The van der Waals surface area contributed by atoms with Crippen LogP contribution in [0.1, 0.15) is 25.3 Å². The lowest BCUT2D eigenvalue weighted by atomic mass is 9.79. The molecule has 0 unspecified atom stereocenters. The molecular weight excluding hydrogens is 273 g/mol. The van der Waals surface area contributed by atoms with Crippen LogP contribution in [0.15, 0.2) is 23.4 Å². The molecule has 2 rings (SSSR count). The van der Waals surface area contributed by atoms with Crippen LogP contribution in [0.2, 0.25) is 0 Å². The van der Waals surface area contributed by atoms with Gasteiger partial charge in [-0.25, -0.2) is 4.39 Å². The van der Waals surface area contributed by atoms with Crippen molar-refractivity contribution in [2.24, 2.45) is 16.3 Å². The fraction of sp³-hybridized carbons (Fsp3) is 0.533. The van der Waals surface area contributed by atoms with Crippen LogP contribution in [0.5, 0.6) is 5.75 Å². The van der Waals surface area contributed by atoms with Crippen molar-refractivity contribution in [1.82, 2.24) is 4.90 Å². The minimum absolute atomic E-state index is 0.251. The van der Waals surface area contributed by atoms with E-state index in [0.29, 0.717) is 17.9 Å². The monoisotopic (exact) mass is 295 g/mol. The SMILES string of the molecule is COc1ccc(CN2CCC(C)(/C(N)=N/O)CC2)c(F)c1. The Kier molecular flexibility index (Phi) is 4.67. The summed E-state index contributed by atoms with van der Waals surface area (Å²) in [5.74, 6) is 0.547. The molecule has 5 nitrogen and oxygen atoms in total. The molecule has 1 fully saturated rings. The zero-order valence-corrected chi connectivity index (χ0v) is 12.5. The van der Waals surface area contributed by atoms with Crippen molar-refractivity contribution in [2.45, 2.75) is 26.3 Å². The van der Waals surface area contributed by atoms with Crippen LogP contribution in [-0.4, -0.2) is 36.1 Å². The molecule has 0 bridgehead atoms. The second kappa shape index (κ2) is 6.30. The van der Waals surface area contributed by atoms with Crippen molar-refractivity contribution in [3.05, 3.63) is 29.6 Å². The van der Waals surface area contributed by atoms with Gasteiger partial charge in [0.05, 0.1) is 7.11 Å². The molecule has 21 heavy (non-hydrogen) atoms. The molecule has 0 radical (unpaired) electrons. The first-order chi connectivity index (χ1) is 9.98. The molecule has 1 aromatic carbocycles. The average molecular weight is 295 g/mol. The van der Waals surface area contributed by atoms with E-state index in [1.165, 1.54) is 13.2 Å². The van der Waals surface area contributed by atoms with Gasteiger partial charge in [-0.2, -0.15) is 0 Å². The van der Waals surface area contributed by atoms with Crippen molar-refractivity contribution in [2.75, 3.05) is 20.2 Å². The van der Waals surface area contributed by atoms with E-state index in [0.717, 1.165) is 25.9 Å². The maximum atomic E-state index is 13.9. The maximum absolute atomic E-state index is 13.9. The highest BCUT2D eigenvalue weighted by molar-refractivity contribution is 5.85. The molecule has 1 aliphatic heterocycles. The third-order valence-electron chi connectivity index (χ3n) is 4.34. The summed E-state index contributed by atoms with van der Waals surface area (Å²) >= 11 is 0. The number of nitrogens with two attached hydrogens (primary N) is 1. The lowest BCUT2D eigenvalue weighted by molar-refractivity contribution is 0.151. The summed E-state index contributed by atoms with van der Waals surface area (Å²) in [6, 6.07) is 4.92. The van der Waals surface area contributed by atoms with Crippen LogP contribution in [0.25, 0.3) is 0 Å².